The quantitative estimate of drug-likeness (QED) is 0.730. The van der Waals surface area contributed by atoms with Crippen LogP contribution in [0.1, 0.15) is 17.8 Å². The van der Waals surface area contributed by atoms with Crippen LogP contribution in [0, 0.1) is 0 Å². The van der Waals surface area contributed by atoms with Crippen molar-refractivity contribution in [1.82, 2.24) is 19.9 Å². The number of nitrogens with zero attached hydrogens (tertiary/aromatic N) is 3. The second-order valence-corrected chi connectivity index (χ2v) is 6.40. The van der Waals surface area contributed by atoms with E-state index in [-0.39, 0.29) is 11.9 Å². The number of ether oxygens (including phenoxy) is 1. The molecule has 1 unspecified atom stereocenters. The number of nitrogens with one attached hydrogen (secondary N) is 2. The number of anilines is 1. The van der Waals surface area contributed by atoms with E-state index in [0.717, 1.165) is 29.3 Å². The number of carbonyl (C=O) groups is 1. The van der Waals surface area contributed by atoms with Crippen molar-refractivity contribution in [3.05, 3.63) is 60.0 Å². The Morgan fingerprint density at radius 2 is 2.12 bits per heavy atom. The molecule has 1 amide bonds. The average Bonchev–Trinajstić information content (AvgIpc) is 3.07. The van der Waals surface area contributed by atoms with E-state index in [1.165, 1.54) is 0 Å². The van der Waals surface area contributed by atoms with Gasteiger partial charge in [-0.05, 0) is 29.8 Å². The van der Waals surface area contributed by atoms with Gasteiger partial charge in [-0.1, -0.05) is 18.2 Å². The van der Waals surface area contributed by atoms with Gasteiger partial charge in [0.15, 0.2) is 5.65 Å². The highest BCUT2D eigenvalue weighted by atomic mass is 16.5. The van der Waals surface area contributed by atoms with Crippen molar-refractivity contribution in [3.63, 3.8) is 0 Å². The summed E-state index contributed by atoms with van der Waals surface area (Å²) >= 11 is 0. The molecule has 1 saturated heterocycles. The molecular formula is C19H21N5O2. The van der Waals surface area contributed by atoms with E-state index in [0.29, 0.717) is 26.1 Å². The number of benzene rings is 1. The van der Waals surface area contributed by atoms with Gasteiger partial charge in [-0.25, -0.2) is 0 Å². The zero-order valence-corrected chi connectivity index (χ0v) is 14.4. The van der Waals surface area contributed by atoms with E-state index in [2.05, 4.69) is 20.8 Å². The summed E-state index contributed by atoms with van der Waals surface area (Å²) in [4.78, 5) is 12.1. The van der Waals surface area contributed by atoms with Crippen molar-refractivity contribution < 1.29 is 9.53 Å². The molecular weight excluding hydrogens is 330 g/mol. The zero-order valence-electron chi connectivity index (χ0n) is 14.4. The first-order valence-electron chi connectivity index (χ1n) is 8.76. The maximum Gasteiger partial charge on any atom is 0.226 e. The molecule has 2 N–H and O–H groups in total. The predicted molar refractivity (Wildman–Crippen MR) is 98.1 cm³/mol. The number of morpholine rings is 1. The highest BCUT2D eigenvalue weighted by Gasteiger charge is 2.16. The molecule has 26 heavy (non-hydrogen) atoms. The first-order chi connectivity index (χ1) is 12.8. The van der Waals surface area contributed by atoms with Crippen molar-refractivity contribution in [1.29, 1.82) is 0 Å². The van der Waals surface area contributed by atoms with Crippen LogP contribution in [0.25, 0.3) is 5.65 Å². The molecule has 4 rings (SSSR count). The summed E-state index contributed by atoms with van der Waals surface area (Å²) in [6.07, 6.45) is 3.05. The molecule has 3 aromatic rings. The minimum absolute atomic E-state index is 0.01000. The Hall–Kier alpha value is -2.77. The fourth-order valence-electron chi connectivity index (χ4n) is 3.09. The van der Waals surface area contributed by atoms with Crippen LogP contribution >= 0.6 is 0 Å². The fourth-order valence-corrected chi connectivity index (χ4v) is 3.09. The molecule has 2 aromatic heterocycles. The van der Waals surface area contributed by atoms with E-state index in [1.54, 1.807) is 0 Å². The highest BCUT2D eigenvalue weighted by Crippen LogP contribution is 2.14. The van der Waals surface area contributed by atoms with Gasteiger partial charge in [0.05, 0.1) is 13.2 Å². The molecule has 0 spiro atoms. The van der Waals surface area contributed by atoms with E-state index < -0.39 is 0 Å². The van der Waals surface area contributed by atoms with Crippen molar-refractivity contribution in [3.8, 4) is 0 Å². The van der Waals surface area contributed by atoms with Gasteiger partial charge in [-0.3, -0.25) is 9.20 Å². The van der Waals surface area contributed by atoms with E-state index in [4.69, 9.17) is 4.74 Å². The number of rotatable bonds is 5. The normalized spacial score (nSPS) is 17.3. The van der Waals surface area contributed by atoms with Gasteiger partial charge in [0.2, 0.25) is 5.91 Å². The van der Waals surface area contributed by atoms with Gasteiger partial charge < -0.3 is 15.4 Å². The van der Waals surface area contributed by atoms with Crippen LogP contribution in [0.3, 0.4) is 0 Å². The van der Waals surface area contributed by atoms with Gasteiger partial charge in [-0.15, -0.1) is 10.2 Å². The molecule has 1 atom stereocenters. The number of pyridine rings is 1. The third-order valence-electron chi connectivity index (χ3n) is 4.41. The maximum atomic E-state index is 12.1. The minimum Gasteiger partial charge on any atom is -0.378 e. The SMILES string of the molecule is O=C(CC1COCCN1)Nc1ccc(Cc2nnc3ccccn23)cc1. The van der Waals surface area contributed by atoms with Crippen LogP contribution in [-0.2, 0) is 16.0 Å². The molecule has 1 aromatic carbocycles. The third kappa shape index (κ3) is 3.89. The summed E-state index contributed by atoms with van der Waals surface area (Å²) in [6.45, 7) is 2.09. The number of aromatic nitrogens is 3. The second-order valence-electron chi connectivity index (χ2n) is 6.40. The smallest absolute Gasteiger partial charge is 0.226 e. The second kappa shape index (κ2) is 7.63. The van der Waals surface area contributed by atoms with Crippen LogP contribution < -0.4 is 10.6 Å². The summed E-state index contributed by atoms with van der Waals surface area (Å²) in [5.74, 6) is 0.880. The third-order valence-corrected chi connectivity index (χ3v) is 4.41. The van der Waals surface area contributed by atoms with Crippen molar-refractivity contribution in [2.45, 2.75) is 18.9 Å². The Morgan fingerprint density at radius 3 is 2.92 bits per heavy atom. The first-order valence-corrected chi connectivity index (χ1v) is 8.76. The van der Waals surface area contributed by atoms with Crippen molar-refractivity contribution in [2.75, 3.05) is 25.1 Å². The van der Waals surface area contributed by atoms with Gasteiger partial charge >= 0.3 is 0 Å². The highest BCUT2D eigenvalue weighted by molar-refractivity contribution is 5.91. The van der Waals surface area contributed by atoms with Crippen LogP contribution in [0.15, 0.2) is 48.7 Å². The van der Waals surface area contributed by atoms with E-state index in [1.807, 2.05) is 53.1 Å². The summed E-state index contributed by atoms with van der Waals surface area (Å²) in [6, 6.07) is 13.8. The number of hydrogen-bond acceptors (Lipinski definition) is 5. The lowest BCUT2D eigenvalue weighted by molar-refractivity contribution is -0.117. The molecule has 1 aliphatic heterocycles. The monoisotopic (exact) mass is 351 g/mol. The molecule has 7 heteroatoms. The average molecular weight is 351 g/mol. The molecule has 0 saturated carbocycles. The molecule has 1 aliphatic rings. The molecule has 3 heterocycles. The Kier molecular flexibility index (Phi) is 4.90. The topological polar surface area (TPSA) is 80.5 Å². The van der Waals surface area contributed by atoms with Crippen LogP contribution in [0.4, 0.5) is 5.69 Å². The number of fused-ring (bicyclic) bond motifs is 1. The lowest BCUT2D eigenvalue weighted by atomic mass is 10.1. The maximum absolute atomic E-state index is 12.1. The summed E-state index contributed by atoms with van der Waals surface area (Å²) in [7, 11) is 0. The summed E-state index contributed by atoms with van der Waals surface area (Å²) < 4.78 is 7.35. The zero-order chi connectivity index (χ0) is 17.8. The van der Waals surface area contributed by atoms with Crippen molar-refractivity contribution in [2.24, 2.45) is 0 Å². The predicted octanol–water partition coefficient (Wildman–Crippen LogP) is 1.64. The van der Waals surface area contributed by atoms with Gasteiger partial charge in [-0.2, -0.15) is 0 Å². The van der Waals surface area contributed by atoms with Crippen LogP contribution in [0.5, 0.6) is 0 Å². The molecule has 1 fully saturated rings. The summed E-state index contributed by atoms with van der Waals surface area (Å²) in [5.41, 5.74) is 2.75. The van der Waals surface area contributed by atoms with Gasteiger partial charge in [0.1, 0.15) is 5.82 Å². The summed E-state index contributed by atoms with van der Waals surface area (Å²) in [5, 5.41) is 14.6. The molecule has 0 bridgehead atoms. The lowest BCUT2D eigenvalue weighted by Crippen LogP contribution is -2.43. The van der Waals surface area contributed by atoms with Gasteiger partial charge in [0.25, 0.3) is 0 Å². The molecule has 134 valence electrons. The first kappa shape index (κ1) is 16.7. The minimum atomic E-state index is -0.01000. The number of hydrogen-bond donors (Lipinski definition) is 2. The number of carbonyl (C=O) groups excluding carboxylic acids is 1. The Labute approximate surface area is 151 Å². The van der Waals surface area contributed by atoms with Gasteiger partial charge in [0, 0.05) is 37.3 Å². The lowest BCUT2D eigenvalue weighted by Gasteiger charge is -2.23. The van der Waals surface area contributed by atoms with Crippen molar-refractivity contribution >= 4 is 17.2 Å². The standard InChI is InChI=1S/C19H21N5O2/c25-19(12-16-13-26-10-8-20-16)21-15-6-4-14(5-7-15)11-18-23-22-17-3-1-2-9-24(17)18/h1-7,9,16,20H,8,10-13H2,(H,21,25). The fraction of sp³-hybridized carbons (Fsp3) is 0.316. The molecule has 0 radical (unpaired) electrons. The number of amides is 1. The Bertz CT molecular complexity index is 884. The van der Waals surface area contributed by atoms with E-state index >= 15 is 0 Å². The van der Waals surface area contributed by atoms with E-state index in [9.17, 15) is 4.79 Å². The van der Waals surface area contributed by atoms with Crippen LogP contribution in [-0.4, -0.2) is 46.3 Å². The Morgan fingerprint density at radius 1 is 1.23 bits per heavy atom. The molecule has 7 nitrogen and oxygen atoms in total. The Balaban J connectivity index is 1.36. The van der Waals surface area contributed by atoms with Crippen LogP contribution in [0.2, 0.25) is 0 Å². The molecule has 0 aliphatic carbocycles. The largest absolute Gasteiger partial charge is 0.378 e.